The zero-order valence-electron chi connectivity index (χ0n) is 17.7. The molecule has 2 aliphatic heterocycles. The fraction of sp³-hybridized carbons (Fsp3) is 0.474. The normalized spacial score (nSPS) is 17.7. The average molecular weight is 420 g/mol. The number of ether oxygens (including phenoxy) is 3. The molecule has 1 atom stereocenters. The van der Waals surface area contributed by atoms with Crippen LogP contribution >= 0.6 is 0 Å². The second-order valence-corrected chi connectivity index (χ2v) is 7.13. The van der Waals surface area contributed by atoms with Crippen molar-refractivity contribution >= 4 is 36.0 Å². The predicted molar refractivity (Wildman–Crippen MR) is 105 cm³/mol. The van der Waals surface area contributed by atoms with Crippen LogP contribution in [0.3, 0.4) is 0 Å². The monoisotopic (exact) mass is 420 g/mol. The van der Waals surface area contributed by atoms with Gasteiger partial charge in [0.15, 0.2) is 11.9 Å². The Balaban J connectivity index is 2.82. The first kappa shape index (κ1) is 22.8. The summed E-state index contributed by atoms with van der Waals surface area (Å²) in [5.41, 5.74) is -1.30. The summed E-state index contributed by atoms with van der Waals surface area (Å²) in [5, 5.41) is 0. The Labute approximate surface area is 173 Å². The Bertz CT molecular complexity index is 880. The van der Waals surface area contributed by atoms with Crippen LogP contribution in [0.1, 0.15) is 27.7 Å². The third-order valence-corrected chi connectivity index (χ3v) is 4.12. The van der Waals surface area contributed by atoms with Gasteiger partial charge in [-0.1, -0.05) is 0 Å². The molecule has 0 bridgehead atoms. The second-order valence-electron chi connectivity index (χ2n) is 7.13. The number of hydrogen-bond donors (Lipinski definition) is 0. The number of aliphatic imine (C=N–C) groups is 2. The Morgan fingerprint density at radius 1 is 1.17 bits per heavy atom. The van der Waals surface area contributed by atoms with E-state index in [0.717, 1.165) is 19.1 Å². The number of fused-ring (bicyclic) bond motifs is 1. The summed E-state index contributed by atoms with van der Waals surface area (Å²) in [6.45, 7) is 6.44. The topological polar surface area (TPSA) is 127 Å². The first-order valence-corrected chi connectivity index (χ1v) is 9.08. The fourth-order valence-corrected chi connectivity index (χ4v) is 2.91. The van der Waals surface area contributed by atoms with Crippen molar-refractivity contribution in [3.8, 4) is 0 Å². The number of carbonyl (C=O) groups excluding carboxylic acids is 4. The van der Waals surface area contributed by atoms with Crippen molar-refractivity contribution in [3.05, 3.63) is 23.7 Å². The molecule has 1 unspecified atom stereocenters. The van der Waals surface area contributed by atoms with Gasteiger partial charge in [0.25, 0.3) is 0 Å². The molecule has 0 aromatic heterocycles. The van der Waals surface area contributed by atoms with E-state index in [9.17, 15) is 19.2 Å². The van der Waals surface area contributed by atoms with Crippen LogP contribution in [0.15, 0.2) is 33.7 Å². The van der Waals surface area contributed by atoms with Crippen LogP contribution < -0.4 is 0 Å². The molecule has 0 aromatic carbocycles. The zero-order valence-corrected chi connectivity index (χ0v) is 17.7. The third-order valence-electron chi connectivity index (χ3n) is 4.12. The molecule has 0 N–H and O–H groups in total. The summed E-state index contributed by atoms with van der Waals surface area (Å²) in [6.07, 6.45) is 4.46. The first-order valence-electron chi connectivity index (χ1n) is 9.08. The average Bonchev–Trinajstić information content (AvgIpc) is 2.70. The van der Waals surface area contributed by atoms with Gasteiger partial charge in [0.1, 0.15) is 5.57 Å². The molecule has 1 amide bonds. The number of esters is 3. The van der Waals surface area contributed by atoms with Gasteiger partial charge in [0.2, 0.25) is 5.96 Å². The smallest absolute Gasteiger partial charge is 0.397 e. The standard InChI is InChI=1S/C19H24N4O7/c1-7-30-17(27)14(24)23(19(2,3)4)13-11(15(25)28-5)12(16(26)29-6)22-10-8-9-20-18(22)21-13/h8-10,12H,7H2,1-6H3. The minimum absolute atomic E-state index is 0.0202. The van der Waals surface area contributed by atoms with Gasteiger partial charge >= 0.3 is 23.8 Å². The lowest BCUT2D eigenvalue weighted by Gasteiger charge is -2.40. The minimum atomic E-state index is -1.33. The van der Waals surface area contributed by atoms with Crippen LogP contribution in [0.25, 0.3) is 0 Å². The Morgan fingerprint density at radius 3 is 2.37 bits per heavy atom. The number of hydrogen-bond acceptors (Lipinski definition) is 10. The van der Waals surface area contributed by atoms with Crippen LogP contribution in [0, 0.1) is 0 Å². The highest BCUT2D eigenvalue weighted by molar-refractivity contribution is 6.33. The molecule has 0 saturated heterocycles. The largest absolute Gasteiger partial charge is 0.467 e. The van der Waals surface area contributed by atoms with E-state index in [-0.39, 0.29) is 24.0 Å². The highest BCUT2D eigenvalue weighted by Gasteiger charge is 2.47. The molecule has 0 fully saturated rings. The summed E-state index contributed by atoms with van der Waals surface area (Å²) in [6, 6.07) is -1.33. The molecular weight excluding hydrogens is 396 g/mol. The molecule has 0 saturated carbocycles. The van der Waals surface area contributed by atoms with Crippen LogP contribution in [0.5, 0.6) is 0 Å². The maximum Gasteiger partial charge on any atom is 0.397 e. The molecule has 11 nitrogen and oxygen atoms in total. The molecular formula is C19H24N4O7. The molecule has 0 radical (unpaired) electrons. The molecule has 2 aliphatic rings. The lowest BCUT2D eigenvalue weighted by molar-refractivity contribution is -0.161. The number of allylic oxidation sites excluding steroid dienone is 1. The number of rotatable bonds is 4. The van der Waals surface area contributed by atoms with Gasteiger partial charge < -0.3 is 14.2 Å². The van der Waals surface area contributed by atoms with Crippen molar-refractivity contribution in [3.63, 3.8) is 0 Å². The van der Waals surface area contributed by atoms with E-state index in [2.05, 4.69) is 9.98 Å². The summed E-state index contributed by atoms with van der Waals surface area (Å²) >= 11 is 0. The van der Waals surface area contributed by atoms with E-state index in [1.54, 1.807) is 33.8 Å². The van der Waals surface area contributed by atoms with Crippen LogP contribution in [-0.2, 0) is 33.4 Å². The van der Waals surface area contributed by atoms with Gasteiger partial charge in [0.05, 0.1) is 20.8 Å². The Kier molecular flexibility index (Phi) is 6.75. The van der Waals surface area contributed by atoms with E-state index in [0.29, 0.717) is 0 Å². The van der Waals surface area contributed by atoms with E-state index < -0.39 is 35.4 Å². The van der Waals surface area contributed by atoms with Crippen molar-refractivity contribution in [1.82, 2.24) is 9.80 Å². The van der Waals surface area contributed by atoms with Gasteiger partial charge in [0, 0.05) is 18.0 Å². The van der Waals surface area contributed by atoms with Crippen molar-refractivity contribution in [1.29, 1.82) is 0 Å². The summed E-state index contributed by atoms with van der Waals surface area (Å²) in [4.78, 5) is 61.3. The lowest BCUT2D eigenvalue weighted by Crippen LogP contribution is -2.54. The van der Waals surface area contributed by atoms with Gasteiger partial charge in [-0.25, -0.2) is 19.4 Å². The molecule has 0 spiro atoms. The molecule has 2 rings (SSSR count). The van der Waals surface area contributed by atoms with E-state index in [1.807, 2.05) is 0 Å². The Hall–Kier alpha value is -3.50. The Morgan fingerprint density at radius 2 is 1.83 bits per heavy atom. The quantitative estimate of drug-likeness (QED) is 0.363. The predicted octanol–water partition coefficient (Wildman–Crippen LogP) is 0.373. The molecule has 0 aromatic rings. The number of methoxy groups -OCH3 is 2. The van der Waals surface area contributed by atoms with Gasteiger partial charge in [-0.2, -0.15) is 4.99 Å². The SMILES string of the molecule is CCOC(=O)C(=O)N(C1=C(C(=O)OC)C(C(=O)OC)N2C=CC=NC2=N1)C(C)(C)C. The highest BCUT2D eigenvalue weighted by atomic mass is 16.5. The van der Waals surface area contributed by atoms with Crippen LogP contribution in [-0.4, -0.2) is 78.2 Å². The van der Waals surface area contributed by atoms with E-state index >= 15 is 0 Å². The zero-order chi connectivity index (χ0) is 22.6. The molecule has 30 heavy (non-hydrogen) atoms. The fourth-order valence-electron chi connectivity index (χ4n) is 2.91. The molecule has 0 aliphatic carbocycles. The maximum atomic E-state index is 13.0. The van der Waals surface area contributed by atoms with E-state index in [4.69, 9.17) is 14.2 Å². The number of guanidine groups is 1. The van der Waals surface area contributed by atoms with Gasteiger partial charge in [-0.15, -0.1) is 0 Å². The van der Waals surface area contributed by atoms with Gasteiger partial charge in [-0.05, 0) is 33.8 Å². The summed E-state index contributed by atoms with van der Waals surface area (Å²) in [7, 11) is 2.28. The molecule has 11 heteroatoms. The van der Waals surface area contributed by atoms with Crippen molar-refractivity contribution < 1.29 is 33.4 Å². The number of nitrogens with zero attached hydrogens (tertiary/aromatic N) is 4. The van der Waals surface area contributed by atoms with Crippen molar-refractivity contribution in [2.45, 2.75) is 39.3 Å². The minimum Gasteiger partial charge on any atom is -0.467 e. The van der Waals surface area contributed by atoms with Crippen LogP contribution in [0.4, 0.5) is 0 Å². The maximum absolute atomic E-state index is 13.0. The third kappa shape index (κ3) is 4.24. The first-order chi connectivity index (χ1) is 14.1. The highest BCUT2D eigenvalue weighted by Crippen LogP contribution is 2.32. The van der Waals surface area contributed by atoms with Crippen molar-refractivity contribution in [2.24, 2.45) is 9.98 Å². The van der Waals surface area contributed by atoms with E-state index in [1.165, 1.54) is 17.3 Å². The summed E-state index contributed by atoms with van der Waals surface area (Å²) in [5.74, 6) is -4.13. The molecule has 2 heterocycles. The number of carbonyl (C=O) groups is 4. The number of amides is 1. The second kappa shape index (κ2) is 8.89. The van der Waals surface area contributed by atoms with Crippen molar-refractivity contribution in [2.75, 3.05) is 20.8 Å². The lowest BCUT2D eigenvalue weighted by atomic mass is 9.99. The summed E-state index contributed by atoms with van der Waals surface area (Å²) < 4.78 is 14.6. The van der Waals surface area contributed by atoms with Crippen LogP contribution in [0.2, 0.25) is 0 Å². The van der Waals surface area contributed by atoms with Gasteiger partial charge in [-0.3, -0.25) is 14.6 Å². The molecule has 162 valence electrons.